The van der Waals surface area contributed by atoms with Gasteiger partial charge in [-0.15, -0.1) is 0 Å². The molecule has 11 heteroatoms. The number of amides is 1. The molecule has 0 aliphatic rings. The highest BCUT2D eigenvalue weighted by Crippen LogP contribution is 2.34. The van der Waals surface area contributed by atoms with Crippen molar-refractivity contribution in [3.8, 4) is 0 Å². The van der Waals surface area contributed by atoms with Crippen molar-refractivity contribution in [2.24, 2.45) is 7.05 Å². The monoisotopic (exact) mass is 483 g/mol. The Bertz CT molecular complexity index is 1240. The van der Waals surface area contributed by atoms with Gasteiger partial charge in [0.05, 0.1) is 16.8 Å². The molecule has 0 atom stereocenters. The van der Waals surface area contributed by atoms with Crippen molar-refractivity contribution in [3.05, 3.63) is 86.4 Å². The summed E-state index contributed by atoms with van der Waals surface area (Å²) in [7, 11) is 1.08. The molecule has 0 unspecified atom stereocenters. The molecule has 2 N–H and O–H groups in total. The molecule has 0 saturated heterocycles. The SMILES string of the molecule is Cc1cc(Cc2nn(C)c(C(F)(F)F)c2C(=O)NCc2ccc(C(=O)O)cc2F)ccc1Cl. The summed E-state index contributed by atoms with van der Waals surface area (Å²) in [6.07, 6.45) is -4.93. The number of benzene rings is 2. The first-order valence-corrected chi connectivity index (χ1v) is 9.94. The van der Waals surface area contributed by atoms with Crippen molar-refractivity contribution < 1.29 is 32.3 Å². The quantitative estimate of drug-likeness (QED) is 0.495. The number of carbonyl (C=O) groups is 2. The van der Waals surface area contributed by atoms with Crippen molar-refractivity contribution in [2.45, 2.75) is 26.1 Å². The van der Waals surface area contributed by atoms with Crippen molar-refractivity contribution in [1.82, 2.24) is 15.1 Å². The number of hydrogen-bond acceptors (Lipinski definition) is 3. The summed E-state index contributed by atoms with van der Waals surface area (Å²) in [6, 6.07) is 7.95. The van der Waals surface area contributed by atoms with Gasteiger partial charge in [-0.3, -0.25) is 9.48 Å². The lowest BCUT2D eigenvalue weighted by Crippen LogP contribution is -2.27. The van der Waals surface area contributed by atoms with Gasteiger partial charge in [0.25, 0.3) is 5.91 Å². The second kappa shape index (κ2) is 9.22. The molecule has 3 aromatic rings. The molecule has 6 nitrogen and oxygen atoms in total. The Hall–Kier alpha value is -3.40. The topological polar surface area (TPSA) is 84.2 Å². The van der Waals surface area contributed by atoms with Crippen LogP contribution in [-0.4, -0.2) is 26.8 Å². The molecule has 1 heterocycles. The molecule has 0 aliphatic heterocycles. The van der Waals surface area contributed by atoms with Gasteiger partial charge in [0.2, 0.25) is 0 Å². The van der Waals surface area contributed by atoms with Crippen LogP contribution in [0.4, 0.5) is 17.6 Å². The highest BCUT2D eigenvalue weighted by molar-refractivity contribution is 6.31. The van der Waals surface area contributed by atoms with E-state index < -0.39 is 41.7 Å². The molecule has 33 heavy (non-hydrogen) atoms. The highest BCUT2D eigenvalue weighted by atomic mass is 35.5. The number of rotatable bonds is 6. The van der Waals surface area contributed by atoms with E-state index in [0.717, 1.165) is 25.2 Å². The van der Waals surface area contributed by atoms with E-state index in [1.807, 2.05) is 0 Å². The minimum absolute atomic E-state index is 0.0631. The summed E-state index contributed by atoms with van der Waals surface area (Å²) in [4.78, 5) is 23.7. The number of carbonyl (C=O) groups excluding carboxylic acids is 1. The second-order valence-corrected chi connectivity index (χ2v) is 7.75. The smallest absolute Gasteiger partial charge is 0.433 e. The first-order valence-electron chi connectivity index (χ1n) is 9.56. The Balaban J connectivity index is 1.93. The van der Waals surface area contributed by atoms with E-state index in [1.54, 1.807) is 25.1 Å². The number of nitrogens with one attached hydrogen (secondary N) is 1. The van der Waals surface area contributed by atoms with Gasteiger partial charge >= 0.3 is 12.1 Å². The molecule has 0 spiro atoms. The normalized spacial score (nSPS) is 11.5. The van der Waals surface area contributed by atoms with E-state index in [4.69, 9.17) is 16.7 Å². The Labute approximate surface area is 190 Å². The van der Waals surface area contributed by atoms with Gasteiger partial charge in [-0.2, -0.15) is 18.3 Å². The molecular formula is C22H18ClF4N3O3. The fourth-order valence-electron chi connectivity index (χ4n) is 3.36. The number of aryl methyl sites for hydroxylation is 2. The number of halogens is 5. The molecule has 0 radical (unpaired) electrons. The Morgan fingerprint density at radius 1 is 1.18 bits per heavy atom. The van der Waals surface area contributed by atoms with E-state index in [0.29, 0.717) is 20.8 Å². The van der Waals surface area contributed by atoms with Gasteiger partial charge in [0.1, 0.15) is 5.82 Å². The standard InChI is InChI=1S/C22H18ClF4N3O3/c1-11-7-12(3-6-15(11)23)8-17-18(19(22(25,26)27)30(2)29-17)20(31)28-10-14-5-4-13(21(32)33)9-16(14)24/h3-7,9H,8,10H2,1-2H3,(H,28,31)(H,32,33). The van der Waals surface area contributed by atoms with Gasteiger partial charge in [-0.05, 0) is 36.2 Å². The van der Waals surface area contributed by atoms with Gasteiger partial charge in [-0.1, -0.05) is 29.8 Å². The minimum atomic E-state index is -4.86. The van der Waals surface area contributed by atoms with Crippen molar-refractivity contribution in [1.29, 1.82) is 0 Å². The summed E-state index contributed by atoms with van der Waals surface area (Å²) in [5, 5.41) is 15.6. The molecule has 0 saturated carbocycles. The first-order chi connectivity index (χ1) is 15.4. The minimum Gasteiger partial charge on any atom is -0.478 e. The number of nitrogens with zero attached hydrogens (tertiary/aromatic N) is 2. The largest absolute Gasteiger partial charge is 0.478 e. The van der Waals surface area contributed by atoms with Crippen LogP contribution in [0.5, 0.6) is 0 Å². The van der Waals surface area contributed by atoms with Gasteiger partial charge in [-0.25, -0.2) is 9.18 Å². The number of carboxylic acids is 1. The molecular weight excluding hydrogens is 466 g/mol. The van der Waals surface area contributed by atoms with Gasteiger partial charge < -0.3 is 10.4 Å². The zero-order valence-electron chi connectivity index (χ0n) is 17.4. The fraction of sp³-hybridized carbons (Fsp3) is 0.227. The lowest BCUT2D eigenvalue weighted by atomic mass is 10.0. The van der Waals surface area contributed by atoms with Crippen LogP contribution in [0.2, 0.25) is 5.02 Å². The Morgan fingerprint density at radius 2 is 1.88 bits per heavy atom. The number of aromatic carboxylic acids is 1. The van der Waals surface area contributed by atoms with E-state index >= 15 is 0 Å². The molecule has 0 aliphatic carbocycles. The molecule has 1 aromatic heterocycles. The number of alkyl halides is 3. The summed E-state index contributed by atoms with van der Waals surface area (Å²) in [5.41, 5.74) is -1.07. The second-order valence-electron chi connectivity index (χ2n) is 7.35. The van der Waals surface area contributed by atoms with Crippen LogP contribution in [-0.2, 0) is 26.2 Å². The van der Waals surface area contributed by atoms with Crippen molar-refractivity contribution in [3.63, 3.8) is 0 Å². The van der Waals surface area contributed by atoms with E-state index in [2.05, 4.69) is 10.4 Å². The average molecular weight is 484 g/mol. The van der Waals surface area contributed by atoms with Crippen LogP contribution in [0.3, 0.4) is 0 Å². The number of hydrogen-bond donors (Lipinski definition) is 2. The van der Waals surface area contributed by atoms with Crippen LogP contribution in [0.1, 0.15) is 48.8 Å². The number of aromatic nitrogens is 2. The maximum absolute atomic E-state index is 14.2. The lowest BCUT2D eigenvalue weighted by molar-refractivity contribution is -0.144. The molecule has 0 bridgehead atoms. The highest BCUT2D eigenvalue weighted by Gasteiger charge is 2.41. The van der Waals surface area contributed by atoms with Crippen LogP contribution < -0.4 is 5.32 Å². The predicted molar refractivity (Wildman–Crippen MR) is 112 cm³/mol. The molecule has 174 valence electrons. The van der Waals surface area contributed by atoms with Gasteiger partial charge in [0, 0.05) is 30.6 Å². The van der Waals surface area contributed by atoms with Gasteiger partial charge in [0.15, 0.2) is 5.69 Å². The predicted octanol–water partition coefficient (Wildman–Crippen LogP) is 4.76. The fourth-order valence-corrected chi connectivity index (χ4v) is 3.48. The van der Waals surface area contributed by atoms with E-state index in [1.165, 1.54) is 0 Å². The van der Waals surface area contributed by atoms with Crippen molar-refractivity contribution >= 4 is 23.5 Å². The van der Waals surface area contributed by atoms with E-state index in [-0.39, 0.29) is 23.2 Å². The average Bonchev–Trinajstić information content (AvgIpc) is 3.05. The molecule has 2 aromatic carbocycles. The summed E-state index contributed by atoms with van der Waals surface area (Å²) < 4.78 is 55.9. The Morgan fingerprint density at radius 3 is 2.45 bits per heavy atom. The first kappa shape index (κ1) is 24.2. The van der Waals surface area contributed by atoms with Crippen LogP contribution in [0.25, 0.3) is 0 Å². The summed E-state index contributed by atoms with van der Waals surface area (Å²) >= 11 is 6.00. The third kappa shape index (κ3) is 5.33. The molecule has 3 rings (SSSR count). The zero-order valence-corrected chi connectivity index (χ0v) is 18.2. The lowest BCUT2D eigenvalue weighted by Gasteiger charge is -2.12. The summed E-state index contributed by atoms with van der Waals surface area (Å²) in [5.74, 6) is -3.33. The summed E-state index contributed by atoms with van der Waals surface area (Å²) in [6.45, 7) is 1.29. The van der Waals surface area contributed by atoms with Crippen molar-refractivity contribution in [2.75, 3.05) is 0 Å². The third-order valence-corrected chi connectivity index (χ3v) is 5.37. The zero-order chi connectivity index (χ0) is 24.5. The third-order valence-electron chi connectivity index (χ3n) is 4.95. The van der Waals surface area contributed by atoms with Crippen LogP contribution in [0.15, 0.2) is 36.4 Å². The van der Waals surface area contributed by atoms with Crippen LogP contribution >= 0.6 is 11.6 Å². The maximum atomic E-state index is 14.2. The van der Waals surface area contributed by atoms with Crippen LogP contribution in [0, 0.1) is 12.7 Å². The molecule has 1 amide bonds. The molecule has 0 fully saturated rings. The number of carboxylic acid groups (broad SMARTS) is 1. The Kier molecular flexibility index (Phi) is 6.78. The maximum Gasteiger partial charge on any atom is 0.433 e. The van der Waals surface area contributed by atoms with E-state index in [9.17, 15) is 27.2 Å².